The van der Waals surface area contributed by atoms with E-state index in [0.29, 0.717) is 58.2 Å². The Kier molecular flexibility index (Phi) is 27.8. The molecule has 0 aromatic heterocycles. The number of Topliss-reactive ketones (excluding diaryl/α,β-unsaturated/α-hetero) is 3. The number of hydrogen-bond acceptors (Lipinski definition) is 14. The van der Waals surface area contributed by atoms with Crippen molar-refractivity contribution in [3.63, 3.8) is 0 Å². The summed E-state index contributed by atoms with van der Waals surface area (Å²) in [4.78, 5) is 114. The summed E-state index contributed by atoms with van der Waals surface area (Å²) in [6.07, 6.45) is 4.35. The molecule has 18 heteroatoms. The molecule has 2 aromatic rings. The Labute approximate surface area is 481 Å². The van der Waals surface area contributed by atoms with Crippen LogP contribution in [0.15, 0.2) is 54.6 Å². The molecular formula is C62H95N5O12S. The maximum absolute atomic E-state index is 14.8. The minimum atomic E-state index is -0.878. The third kappa shape index (κ3) is 18.7. The highest BCUT2D eigenvalue weighted by molar-refractivity contribution is 8.00. The number of aliphatic hydroxyl groups is 1. The number of unbranched alkanes of at least 4 members (excludes halogenated alkanes) is 2. The molecule has 11 atom stereocenters. The highest BCUT2D eigenvalue weighted by Crippen LogP contribution is 2.33. The Morgan fingerprint density at radius 2 is 1.48 bits per heavy atom. The Hall–Kier alpha value is -5.17. The van der Waals surface area contributed by atoms with Crippen molar-refractivity contribution < 1.29 is 57.7 Å². The van der Waals surface area contributed by atoms with Crippen LogP contribution in [0.1, 0.15) is 150 Å². The summed E-state index contributed by atoms with van der Waals surface area (Å²) in [5.74, 6) is -3.10. The van der Waals surface area contributed by atoms with E-state index in [4.69, 9.17) is 14.2 Å². The zero-order valence-electron chi connectivity index (χ0n) is 50.2. The number of ketones is 3. The molecule has 2 fully saturated rings. The van der Waals surface area contributed by atoms with Crippen LogP contribution in [0.2, 0.25) is 0 Å². The number of likely N-dealkylation sites (tertiary alicyclic amines) is 2. The van der Waals surface area contributed by atoms with Crippen LogP contribution in [-0.2, 0) is 54.4 Å². The smallest absolute Gasteiger partial charge is 0.410 e. The van der Waals surface area contributed by atoms with Gasteiger partial charge in [0.05, 0.1) is 48.1 Å². The maximum atomic E-state index is 14.8. The van der Waals surface area contributed by atoms with Crippen molar-refractivity contribution in [2.24, 2.45) is 35.5 Å². The molecule has 0 aliphatic carbocycles. The van der Waals surface area contributed by atoms with E-state index in [0.717, 1.165) is 29.7 Å². The van der Waals surface area contributed by atoms with Crippen molar-refractivity contribution in [2.75, 3.05) is 59.5 Å². The van der Waals surface area contributed by atoms with Gasteiger partial charge in [-0.05, 0) is 78.9 Å². The van der Waals surface area contributed by atoms with Crippen LogP contribution in [0.3, 0.4) is 0 Å². The van der Waals surface area contributed by atoms with Crippen LogP contribution in [0, 0.1) is 35.5 Å². The lowest BCUT2D eigenvalue weighted by Gasteiger charge is -2.41. The molecule has 2 aliphatic heterocycles. The molecule has 0 saturated carbocycles. The SMILES string of the molecule is CC[C@H](C)[C@@H]([C@@H](CC(=O)N1CCC[C@H]1[C@H](OC)[C@@H](C)C(=O)C[C@H](C)[C@@H](O)c1ccccc1)OC)N(C)C(=O)C(CC(=O)[C@H](C(C)C)N(C)C(=O)OCc1ccc(NCCC(=O)CCCCCN2C(=O)CC(SC)C2=O)cc1)C(C)C. The third-order valence-corrected chi connectivity index (χ3v) is 17.6. The van der Waals surface area contributed by atoms with Gasteiger partial charge < -0.3 is 39.3 Å². The van der Waals surface area contributed by atoms with Gasteiger partial charge in [-0.2, -0.15) is 11.8 Å². The van der Waals surface area contributed by atoms with E-state index in [1.165, 1.54) is 28.6 Å². The molecular weight excluding hydrogens is 1040 g/mol. The van der Waals surface area contributed by atoms with Crippen molar-refractivity contribution in [3.05, 3.63) is 65.7 Å². The minimum absolute atomic E-state index is 0.0194. The summed E-state index contributed by atoms with van der Waals surface area (Å²) in [6.45, 7) is 16.5. The van der Waals surface area contributed by atoms with Gasteiger partial charge in [-0.25, -0.2) is 4.79 Å². The number of ether oxygens (including phenoxy) is 3. The fourth-order valence-electron chi connectivity index (χ4n) is 11.6. The van der Waals surface area contributed by atoms with Gasteiger partial charge in [0.2, 0.25) is 23.6 Å². The van der Waals surface area contributed by atoms with Crippen molar-refractivity contribution in [1.29, 1.82) is 0 Å². The first kappa shape index (κ1) is 67.3. The Bertz CT molecular complexity index is 2340. The fourth-order valence-corrected chi connectivity index (χ4v) is 12.2. The van der Waals surface area contributed by atoms with Crippen molar-refractivity contribution >= 4 is 64.5 Å². The van der Waals surface area contributed by atoms with E-state index in [-0.39, 0.29) is 108 Å². The lowest BCUT2D eigenvalue weighted by atomic mass is 9.83. The van der Waals surface area contributed by atoms with E-state index < -0.39 is 48.3 Å². The van der Waals surface area contributed by atoms with Crippen molar-refractivity contribution in [2.45, 2.75) is 181 Å². The predicted octanol–water partition coefficient (Wildman–Crippen LogP) is 9.18. The Morgan fingerprint density at radius 1 is 0.800 bits per heavy atom. The van der Waals surface area contributed by atoms with Crippen LogP contribution in [0.4, 0.5) is 10.5 Å². The predicted molar refractivity (Wildman–Crippen MR) is 313 cm³/mol. The fraction of sp³-hybridized carbons (Fsp3) is 0.677. The van der Waals surface area contributed by atoms with E-state index in [9.17, 15) is 43.5 Å². The monoisotopic (exact) mass is 1130 g/mol. The topological polar surface area (TPSA) is 209 Å². The molecule has 5 amide bonds. The average Bonchev–Trinajstić information content (AvgIpc) is 4.03. The summed E-state index contributed by atoms with van der Waals surface area (Å²) in [6, 6.07) is 14.8. The Morgan fingerprint density at radius 3 is 2.06 bits per heavy atom. The number of methoxy groups -OCH3 is 2. The highest BCUT2D eigenvalue weighted by Gasteiger charge is 2.44. The summed E-state index contributed by atoms with van der Waals surface area (Å²) in [7, 11) is 6.36. The van der Waals surface area contributed by atoms with E-state index in [1.807, 2.05) is 116 Å². The molecule has 2 aromatic carbocycles. The number of aliphatic hydroxyl groups excluding tert-OH is 1. The number of carbonyl (C=O) groups is 8. The van der Waals surface area contributed by atoms with Crippen LogP contribution in [0.5, 0.6) is 0 Å². The number of imide groups is 1. The van der Waals surface area contributed by atoms with Crippen LogP contribution >= 0.6 is 11.8 Å². The van der Waals surface area contributed by atoms with Gasteiger partial charge in [0.15, 0.2) is 5.78 Å². The number of anilines is 1. The Balaban J connectivity index is 1.30. The molecule has 17 nitrogen and oxygen atoms in total. The average molecular weight is 1130 g/mol. The van der Waals surface area contributed by atoms with Crippen molar-refractivity contribution in [3.8, 4) is 0 Å². The summed E-state index contributed by atoms with van der Waals surface area (Å²) < 4.78 is 17.8. The molecule has 2 saturated heterocycles. The van der Waals surface area contributed by atoms with Crippen LogP contribution in [-0.4, -0.2) is 162 Å². The van der Waals surface area contributed by atoms with E-state index in [2.05, 4.69) is 5.32 Å². The van der Waals surface area contributed by atoms with Gasteiger partial charge >= 0.3 is 6.09 Å². The van der Waals surface area contributed by atoms with Gasteiger partial charge in [-0.15, -0.1) is 0 Å². The first-order valence-corrected chi connectivity index (χ1v) is 30.3. The lowest BCUT2D eigenvalue weighted by molar-refractivity contribution is -0.149. The number of likely N-dealkylation sites (N-methyl/N-ethyl adjacent to an activating group) is 2. The third-order valence-electron chi connectivity index (χ3n) is 16.6. The molecule has 446 valence electrons. The second kappa shape index (κ2) is 33.1. The maximum Gasteiger partial charge on any atom is 0.410 e. The molecule has 4 rings (SSSR count). The second-order valence-corrected chi connectivity index (χ2v) is 24.0. The van der Waals surface area contributed by atoms with E-state index in [1.54, 1.807) is 31.1 Å². The normalized spacial score (nSPS) is 19.0. The summed E-state index contributed by atoms with van der Waals surface area (Å²) in [5.41, 5.74) is 2.28. The molecule has 0 radical (unpaired) electrons. The minimum Gasteiger partial charge on any atom is -0.445 e. The van der Waals surface area contributed by atoms with Gasteiger partial charge in [0.25, 0.3) is 0 Å². The highest BCUT2D eigenvalue weighted by atomic mass is 32.2. The molecule has 2 unspecified atom stereocenters. The van der Waals surface area contributed by atoms with E-state index >= 15 is 0 Å². The molecule has 2 aliphatic rings. The zero-order valence-corrected chi connectivity index (χ0v) is 51.0. The quantitative estimate of drug-likeness (QED) is 0.0487. The number of nitrogens with one attached hydrogen (secondary N) is 1. The number of nitrogens with zero attached hydrogens (tertiary/aromatic N) is 4. The number of rotatable bonds is 35. The number of benzene rings is 2. The number of thioether (sulfide) groups is 1. The summed E-state index contributed by atoms with van der Waals surface area (Å²) >= 11 is 1.40. The van der Waals surface area contributed by atoms with Gasteiger partial charge in [0, 0.05) is 97.6 Å². The van der Waals surface area contributed by atoms with Gasteiger partial charge in [-0.1, -0.05) is 111 Å². The molecule has 0 bridgehead atoms. The van der Waals surface area contributed by atoms with Crippen molar-refractivity contribution in [1.82, 2.24) is 19.6 Å². The molecule has 2 heterocycles. The zero-order chi connectivity index (χ0) is 59.4. The lowest BCUT2D eigenvalue weighted by Crippen LogP contribution is -2.54. The largest absolute Gasteiger partial charge is 0.445 e. The second-order valence-electron chi connectivity index (χ2n) is 23.0. The number of hydrogen-bond donors (Lipinski definition) is 2. The van der Waals surface area contributed by atoms with Crippen LogP contribution in [0.25, 0.3) is 0 Å². The van der Waals surface area contributed by atoms with Gasteiger partial charge in [0.1, 0.15) is 18.2 Å². The molecule has 2 N–H and O–H groups in total. The molecule has 80 heavy (non-hydrogen) atoms. The van der Waals surface area contributed by atoms with Crippen LogP contribution < -0.4 is 5.32 Å². The number of amides is 5. The first-order chi connectivity index (χ1) is 38.0. The van der Waals surface area contributed by atoms with Gasteiger partial charge in [-0.3, -0.25) is 38.5 Å². The number of carbonyl (C=O) groups excluding carboxylic acids is 8. The standard InChI is InChI=1S/C62H95N5O12S/c1-14-41(6)57(52(77-11)36-54(71)66-33-21-25-49(66)59(78-12)43(8)50(69)34-42(7)58(73)45-22-17-15-18-23-45)64(9)60(74)48(39(2)3)35-51(70)56(40(4)5)65(10)62(76)79-38-44-26-28-46(29-27-44)63-31-30-47(68)24-19-16-20-32-67-55(72)37-53(80-13)61(67)75/h15,17-18,22-23,26-29,39-43,48-49,52-53,56-59,63,73H,14,16,19-21,24-25,30-38H2,1-13H3/t41-,42-,43-,48?,49-,52+,53?,56-,57-,58+,59+/m0/s1. The first-order valence-electron chi connectivity index (χ1n) is 29.0. The summed E-state index contributed by atoms with van der Waals surface area (Å²) in [5, 5.41) is 14.0. The molecule has 0 spiro atoms.